The SMILES string of the molecule is C[C@H](N=C1NS(=O)(=O)C(c2ccc(-c3ccc4nc(N)sc4c3)cc2)C(C)(C)O1)c1ccccc1F. The minimum Gasteiger partial charge on any atom is -0.457 e. The summed E-state index contributed by atoms with van der Waals surface area (Å²) in [4.78, 5) is 8.60. The van der Waals surface area contributed by atoms with Crippen LogP contribution in [0, 0.1) is 5.82 Å². The van der Waals surface area contributed by atoms with Crippen LogP contribution >= 0.6 is 11.3 Å². The number of rotatable bonds is 4. The molecule has 4 aromatic rings. The average molecular weight is 525 g/mol. The molecule has 5 rings (SSSR count). The number of nitrogens with two attached hydrogens (primary N) is 1. The third-order valence-corrected chi connectivity index (χ3v) is 8.92. The summed E-state index contributed by atoms with van der Waals surface area (Å²) in [5, 5.41) is -0.466. The van der Waals surface area contributed by atoms with Crippen molar-refractivity contribution >= 4 is 42.7 Å². The number of benzene rings is 3. The van der Waals surface area contributed by atoms with Crippen LogP contribution in [-0.4, -0.2) is 25.0 Å². The van der Waals surface area contributed by atoms with Crippen LogP contribution in [0.5, 0.6) is 0 Å². The Morgan fingerprint density at radius 1 is 1.11 bits per heavy atom. The van der Waals surface area contributed by atoms with Gasteiger partial charge in [-0.15, -0.1) is 0 Å². The van der Waals surface area contributed by atoms with Gasteiger partial charge in [-0.1, -0.05) is 59.9 Å². The molecule has 0 amide bonds. The number of ether oxygens (including phenoxy) is 1. The van der Waals surface area contributed by atoms with E-state index in [1.54, 1.807) is 51.1 Å². The van der Waals surface area contributed by atoms with Gasteiger partial charge in [0, 0.05) is 5.56 Å². The van der Waals surface area contributed by atoms with E-state index in [0.29, 0.717) is 16.3 Å². The van der Waals surface area contributed by atoms with E-state index >= 15 is 0 Å². The molecule has 1 aliphatic heterocycles. The Kier molecular flexibility index (Phi) is 5.96. The molecule has 1 unspecified atom stereocenters. The van der Waals surface area contributed by atoms with Crippen LogP contribution in [0.3, 0.4) is 0 Å². The van der Waals surface area contributed by atoms with Crippen molar-refractivity contribution in [2.45, 2.75) is 37.7 Å². The summed E-state index contributed by atoms with van der Waals surface area (Å²) in [6.07, 6.45) is 0. The molecule has 0 aliphatic carbocycles. The summed E-state index contributed by atoms with van der Waals surface area (Å²) in [6, 6.07) is 18.7. The van der Waals surface area contributed by atoms with Gasteiger partial charge in [0.25, 0.3) is 6.02 Å². The molecule has 36 heavy (non-hydrogen) atoms. The predicted octanol–water partition coefficient (Wildman–Crippen LogP) is 5.57. The first-order valence-corrected chi connectivity index (χ1v) is 13.7. The summed E-state index contributed by atoms with van der Waals surface area (Å²) in [6.45, 7) is 5.09. The van der Waals surface area contributed by atoms with Crippen molar-refractivity contribution in [3.63, 3.8) is 0 Å². The lowest BCUT2D eigenvalue weighted by Crippen LogP contribution is -2.53. The molecule has 1 aliphatic rings. The van der Waals surface area contributed by atoms with Crippen molar-refractivity contribution in [2.24, 2.45) is 4.99 Å². The zero-order chi connectivity index (χ0) is 25.7. The Morgan fingerprint density at radius 3 is 2.50 bits per heavy atom. The van der Waals surface area contributed by atoms with E-state index in [9.17, 15) is 12.8 Å². The molecule has 2 atom stereocenters. The molecule has 1 saturated heterocycles. The number of thiazole rings is 1. The molecule has 3 N–H and O–H groups in total. The number of anilines is 1. The predicted molar refractivity (Wildman–Crippen MR) is 142 cm³/mol. The molecule has 1 fully saturated rings. The zero-order valence-electron chi connectivity index (χ0n) is 19.9. The topological polar surface area (TPSA) is 107 Å². The highest BCUT2D eigenvalue weighted by Gasteiger charge is 2.48. The normalized spacial score (nSPS) is 20.6. The maximum atomic E-state index is 14.2. The van der Waals surface area contributed by atoms with Crippen LogP contribution in [0.4, 0.5) is 9.52 Å². The second-order valence-corrected chi connectivity index (χ2v) is 12.0. The molecule has 0 saturated carbocycles. The van der Waals surface area contributed by atoms with Crippen molar-refractivity contribution in [3.8, 4) is 11.1 Å². The molecule has 2 heterocycles. The Labute approximate surface area is 212 Å². The molecule has 3 aromatic carbocycles. The van der Waals surface area contributed by atoms with Crippen LogP contribution in [0.1, 0.15) is 43.2 Å². The number of aliphatic imine (C=N–C) groups is 1. The maximum Gasteiger partial charge on any atom is 0.299 e. The lowest BCUT2D eigenvalue weighted by atomic mass is 9.95. The number of amidine groups is 1. The Hall–Kier alpha value is -3.50. The highest BCUT2D eigenvalue weighted by molar-refractivity contribution is 7.90. The van der Waals surface area contributed by atoms with E-state index in [1.807, 2.05) is 30.3 Å². The van der Waals surface area contributed by atoms with Gasteiger partial charge in [-0.25, -0.2) is 27.5 Å². The number of sulfonamides is 1. The van der Waals surface area contributed by atoms with Gasteiger partial charge < -0.3 is 10.5 Å². The second-order valence-electron chi connectivity index (χ2n) is 9.22. The minimum absolute atomic E-state index is 0.152. The van der Waals surface area contributed by atoms with E-state index in [1.165, 1.54) is 17.4 Å². The molecule has 7 nitrogen and oxygen atoms in total. The van der Waals surface area contributed by atoms with E-state index in [0.717, 1.165) is 21.3 Å². The average Bonchev–Trinajstić information content (AvgIpc) is 3.17. The largest absolute Gasteiger partial charge is 0.457 e. The van der Waals surface area contributed by atoms with Gasteiger partial charge in [0.2, 0.25) is 10.0 Å². The van der Waals surface area contributed by atoms with Gasteiger partial charge in [-0.3, -0.25) is 0 Å². The highest BCUT2D eigenvalue weighted by atomic mass is 32.2. The minimum atomic E-state index is -3.89. The fourth-order valence-corrected chi connectivity index (χ4v) is 7.08. The fourth-order valence-electron chi connectivity index (χ4n) is 4.54. The molecular formula is C26H25FN4O3S2. The van der Waals surface area contributed by atoms with Crippen LogP contribution in [0.25, 0.3) is 21.3 Å². The van der Waals surface area contributed by atoms with Crippen molar-refractivity contribution in [2.75, 3.05) is 5.73 Å². The number of aromatic nitrogens is 1. The molecule has 10 heteroatoms. The number of hydrogen-bond acceptors (Lipinski definition) is 7. The third kappa shape index (κ3) is 4.54. The summed E-state index contributed by atoms with van der Waals surface area (Å²) in [5.41, 5.74) is 8.38. The molecule has 186 valence electrons. The second kappa shape index (κ2) is 8.86. The monoisotopic (exact) mass is 524 g/mol. The van der Waals surface area contributed by atoms with Gasteiger partial charge in [0.15, 0.2) is 5.13 Å². The summed E-state index contributed by atoms with van der Waals surface area (Å²) in [5.74, 6) is -0.414. The first-order chi connectivity index (χ1) is 17.0. The summed E-state index contributed by atoms with van der Waals surface area (Å²) in [7, 11) is -3.89. The zero-order valence-corrected chi connectivity index (χ0v) is 21.5. The lowest BCUT2D eigenvalue weighted by molar-refractivity contribution is 0.0761. The first kappa shape index (κ1) is 24.2. The number of fused-ring (bicyclic) bond motifs is 1. The van der Waals surface area contributed by atoms with E-state index < -0.39 is 32.7 Å². The molecular weight excluding hydrogens is 499 g/mol. The Bertz CT molecular complexity index is 1580. The van der Waals surface area contributed by atoms with E-state index in [-0.39, 0.29) is 6.02 Å². The molecule has 0 spiro atoms. The van der Waals surface area contributed by atoms with Gasteiger partial charge in [-0.05, 0) is 55.7 Å². The standard InChI is InChI=1S/C26H25FN4O3S2/c1-15(19-6-4-5-7-20(19)27)29-25-31-36(32,33)23(26(2,3)34-25)17-10-8-16(9-11-17)18-12-13-21-22(14-18)35-24(28)30-21/h4-15,23H,1-3H3,(H2,28,30)(H,29,31)/t15-,23?/m0/s1. The van der Waals surface area contributed by atoms with Crippen molar-refractivity contribution in [1.82, 2.24) is 9.71 Å². The Morgan fingerprint density at radius 2 is 1.81 bits per heavy atom. The Balaban J connectivity index is 1.42. The van der Waals surface area contributed by atoms with Gasteiger partial charge in [0.1, 0.15) is 16.7 Å². The van der Waals surface area contributed by atoms with Crippen LogP contribution < -0.4 is 10.5 Å². The first-order valence-electron chi connectivity index (χ1n) is 11.3. The fraction of sp³-hybridized carbons (Fsp3) is 0.231. The number of nitrogens with zero attached hydrogens (tertiary/aromatic N) is 2. The third-order valence-electron chi connectivity index (χ3n) is 6.15. The van der Waals surface area contributed by atoms with Crippen molar-refractivity contribution in [3.05, 3.63) is 83.7 Å². The summed E-state index contributed by atoms with van der Waals surface area (Å²) < 4.78 is 50.2. The maximum absolute atomic E-state index is 14.2. The van der Waals surface area contributed by atoms with Crippen LogP contribution in [-0.2, 0) is 14.8 Å². The number of nitrogens with one attached hydrogen (secondary N) is 1. The van der Waals surface area contributed by atoms with Gasteiger partial charge in [-0.2, -0.15) is 0 Å². The smallest absolute Gasteiger partial charge is 0.299 e. The quantitative estimate of drug-likeness (QED) is 0.363. The highest BCUT2D eigenvalue weighted by Crippen LogP contribution is 2.40. The van der Waals surface area contributed by atoms with E-state index in [4.69, 9.17) is 10.5 Å². The molecule has 1 aromatic heterocycles. The van der Waals surface area contributed by atoms with Gasteiger partial charge >= 0.3 is 0 Å². The number of hydrogen-bond donors (Lipinski definition) is 2. The van der Waals surface area contributed by atoms with Crippen LogP contribution in [0.2, 0.25) is 0 Å². The number of nitrogen functional groups attached to an aromatic ring is 1. The van der Waals surface area contributed by atoms with Crippen molar-refractivity contribution in [1.29, 1.82) is 0 Å². The molecule has 0 radical (unpaired) electrons. The lowest BCUT2D eigenvalue weighted by Gasteiger charge is -2.39. The number of halogens is 1. The van der Waals surface area contributed by atoms with Crippen molar-refractivity contribution < 1.29 is 17.5 Å². The summed E-state index contributed by atoms with van der Waals surface area (Å²) >= 11 is 1.42. The molecule has 0 bridgehead atoms. The van der Waals surface area contributed by atoms with Crippen LogP contribution in [0.15, 0.2) is 71.7 Å². The van der Waals surface area contributed by atoms with Gasteiger partial charge in [0.05, 0.1) is 16.3 Å². The van der Waals surface area contributed by atoms with E-state index in [2.05, 4.69) is 14.7 Å².